The molecule has 2 amide bonds. The van der Waals surface area contributed by atoms with Crippen molar-refractivity contribution >= 4 is 17.7 Å². The van der Waals surface area contributed by atoms with Crippen molar-refractivity contribution in [3.05, 3.63) is 24.3 Å². The second-order valence-corrected chi connectivity index (χ2v) is 7.45. The third-order valence-corrected chi connectivity index (χ3v) is 4.15. The van der Waals surface area contributed by atoms with Crippen LogP contribution in [-0.4, -0.2) is 61.8 Å². The van der Waals surface area contributed by atoms with Gasteiger partial charge in [0, 0.05) is 39.1 Å². The van der Waals surface area contributed by atoms with Crippen LogP contribution in [0.2, 0.25) is 0 Å². The zero-order valence-corrected chi connectivity index (χ0v) is 16.8. The lowest BCUT2D eigenvalue weighted by Gasteiger charge is -2.36. The number of amides is 2. The molecule has 1 aromatic rings. The van der Waals surface area contributed by atoms with Crippen LogP contribution in [0.1, 0.15) is 34.1 Å². The van der Waals surface area contributed by atoms with E-state index in [0.29, 0.717) is 19.7 Å². The Morgan fingerprint density at radius 3 is 2.41 bits per heavy atom. The van der Waals surface area contributed by atoms with Gasteiger partial charge < -0.3 is 24.6 Å². The lowest BCUT2D eigenvalue weighted by Crippen LogP contribution is -2.49. The van der Waals surface area contributed by atoms with E-state index < -0.39 is 11.7 Å². The fourth-order valence-corrected chi connectivity index (χ4v) is 2.94. The molecule has 0 atom stereocenters. The van der Waals surface area contributed by atoms with Gasteiger partial charge in [0.15, 0.2) is 0 Å². The van der Waals surface area contributed by atoms with Gasteiger partial charge in [0.2, 0.25) is 5.91 Å². The van der Waals surface area contributed by atoms with Crippen molar-refractivity contribution in [2.24, 2.45) is 0 Å². The van der Waals surface area contributed by atoms with E-state index in [-0.39, 0.29) is 18.9 Å². The fourth-order valence-electron chi connectivity index (χ4n) is 2.94. The first kappa shape index (κ1) is 20.9. The van der Waals surface area contributed by atoms with Crippen molar-refractivity contribution in [3.8, 4) is 5.75 Å². The number of ether oxygens (including phenoxy) is 2. The average molecular weight is 377 g/mol. The molecule has 1 saturated heterocycles. The summed E-state index contributed by atoms with van der Waals surface area (Å²) in [5.74, 6) is 0.921. The normalized spacial score (nSPS) is 14.7. The molecule has 7 nitrogen and oxygen atoms in total. The molecule has 1 aromatic carbocycles. The van der Waals surface area contributed by atoms with Gasteiger partial charge in [0.25, 0.3) is 0 Å². The minimum Gasteiger partial charge on any atom is -0.492 e. The van der Waals surface area contributed by atoms with Crippen molar-refractivity contribution in [1.82, 2.24) is 10.2 Å². The summed E-state index contributed by atoms with van der Waals surface area (Å²) in [7, 11) is 0. The van der Waals surface area contributed by atoms with E-state index in [1.165, 1.54) is 0 Å². The number of hydrogen-bond donors (Lipinski definition) is 1. The molecule has 1 N–H and O–H groups in total. The highest BCUT2D eigenvalue weighted by Gasteiger charge is 2.23. The molecule has 0 unspecified atom stereocenters. The van der Waals surface area contributed by atoms with E-state index in [4.69, 9.17) is 9.47 Å². The van der Waals surface area contributed by atoms with Crippen LogP contribution in [0.3, 0.4) is 0 Å². The maximum absolute atomic E-state index is 12.4. The lowest BCUT2D eigenvalue weighted by molar-refractivity contribution is -0.131. The Morgan fingerprint density at radius 1 is 1.11 bits per heavy atom. The molecule has 1 heterocycles. The number of hydrogen-bond acceptors (Lipinski definition) is 5. The molecule has 0 aliphatic carbocycles. The number of nitrogens with one attached hydrogen (secondary N) is 1. The third-order valence-electron chi connectivity index (χ3n) is 4.15. The lowest BCUT2D eigenvalue weighted by atomic mass is 10.2. The van der Waals surface area contributed by atoms with Crippen LogP contribution < -0.4 is 15.0 Å². The van der Waals surface area contributed by atoms with Crippen LogP contribution in [0.4, 0.5) is 10.5 Å². The number of nitrogens with zero attached hydrogens (tertiary/aromatic N) is 2. The molecule has 27 heavy (non-hydrogen) atoms. The quantitative estimate of drug-likeness (QED) is 0.825. The van der Waals surface area contributed by atoms with E-state index in [1.807, 2.05) is 36.1 Å². The van der Waals surface area contributed by atoms with Gasteiger partial charge in [-0.3, -0.25) is 4.79 Å². The van der Waals surface area contributed by atoms with Gasteiger partial charge in [-0.25, -0.2) is 4.79 Å². The first-order valence-corrected chi connectivity index (χ1v) is 9.51. The minimum absolute atomic E-state index is 0.0452. The van der Waals surface area contributed by atoms with Gasteiger partial charge >= 0.3 is 6.09 Å². The number of carbonyl (C=O) groups excluding carboxylic acids is 2. The highest BCUT2D eigenvalue weighted by molar-refractivity contribution is 5.77. The van der Waals surface area contributed by atoms with Crippen LogP contribution in [0.5, 0.6) is 5.75 Å². The van der Waals surface area contributed by atoms with E-state index in [1.54, 1.807) is 20.8 Å². The topological polar surface area (TPSA) is 71.1 Å². The molecular formula is C20H31N3O4. The van der Waals surface area contributed by atoms with E-state index in [0.717, 1.165) is 24.5 Å². The molecule has 150 valence electrons. The molecule has 1 aliphatic heterocycles. The van der Waals surface area contributed by atoms with Gasteiger partial charge in [-0.05, 0) is 39.8 Å². The Hall–Kier alpha value is -2.44. The Balaban J connectivity index is 1.77. The molecule has 0 bridgehead atoms. The Bertz CT molecular complexity index is 634. The summed E-state index contributed by atoms with van der Waals surface area (Å²) in [6.07, 6.45) is -0.220. The summed E-state index contributed by atoms with van der Waals surface area (Å²) in [4.78, 5) is 28.1. The number of para-hydroxylation sites is 2. The molecule has 1 aliphatic rings. The highest BCUT2D eigenvalue weighted by atomic mass is 16.6. The van der Waals surface area contributed by atoms with Crippen molar-refractivity contribution in [2.75, 3.05) is 44.2 Å². The smallest absolute Gasteiger partial charge is 0.407 e. The summed E-state index contributed by atoms with van der Waals surface area (Å²) < 4.78 is 10.9. The van der Waals surface area contributed by atoms with Crippen molar-refractivity contribution < 1.29 is 19.1 Å². The summed E-state index contributed by atoms with van der Waals surface area (Å²) >= 11 is 0. The minimum atomic E-state index is -0.539. The van der Waals surface area contributed by atoms with Gasteiger partial charge in [-0.2, -0.15) is 0 Å². The van der Waals surface area contributed by atoms with Crippen LogP contribution in [-0.2, 0) is 9.53 Å². The number of rotatable bonds is 6. The molecule has 7 heteroatoms. The number of benzene rings is 1. The second kappa shape index (κ2) is 9.48. The Labute approximate surface area is 161 Å². The molecule has 2 rings (SSSR count). The van der Waals surface area contributed by atoms with Gasteiger partial charge in [0.05, 0.1) is 12.3 Å². The average Bonchev–Trinajstić information content (AvgIpc) is 2.61. The Morgan fingerprint density at radius 2 is 1.78 bits per heavy atom. The first-order chi connectivity index (χ1) is 12.8. The molecular weight excluding hydrogens is 346 g/mol. The van der Waals surface area contributed by atoms with Crippen LogP contribution >= 0.6 is 0 Å². The van der Waals surface area contributed by atoms with Crippen LogP contribution in [0.15, 0.2) is 24.3 Å². The molecule has 0 radical (unpaired) electrons. The number of anilines is 1. The third kappa shape index (κ3) is 6.66. The maximum Gasteiger partial charge on any atom is 0.407 e. The SMILES string of the molecule is CCOc1ccccc1N1CCN(C(=O)CCNC(=O)OC(C)(C)C)CC1. The predicted molar refractivity (Wildman–Crippen MR) is 105 cm³/mol. The van der Waals surface area contributed by atoms with E-state index in [2.05, 4.69) is 10.2 Å². The van der Waals surface area contributed by atoms with E-state index in [9.17, 15) is 9.59 Å². The summed E-state index contributed by atoms with van der Waals surface area (Å²) in [6.45, 7) is 11.1. The summed E-state index contributed by atoms with van der Waals surface area (Å²) in [5.41, 5.74) is 0.528. The fraction of sp³-hybridized carbons (Fsp3) is 0.600. The molecule has 0 spiro atoms. The second-order valence-electron chi connectivity index (χ2n) is 7.45. The largest absolute Gasteiger partial charge is 0.492 e. The number of alkyl carbamates (subject to hydrolysis) is 1. The predicted octanol–water partition coefficient (Wildman–Crippen LogP) is 2.65. The van der Waals surface area contributed by atoms with Crippen molar-refractivity contribution in [2.45, 2.75) is 39.7 Å². The maximum atomic E-state index is 12.4. The number of carbonyl (C=O) groups is 2. The van der Waals surface area contributed by atoms with Gasteiger partial charge in [-0.1, -0.05) is 12.1 Å². The molecule has 1 fully saturated rings. The van der Waals surface area contributed by atoms with Crippen molar-refractivity contribution in [1.29, 1.82) is 0 Å². The monoisotopic (exact) mass is 377 g/mol. The van der Waals surface area contributed by atoms with Gasteiger partial charge in [0.1, 0.15) is 11.4 Å². The molecule has 0 saturated carbocycles. The van der Waals surface area contributed by atoms with E-state index >= 15 is 0 Å². The number of piperazine rings is 1. The first-order valence-electron chi connectivity index (χ1n) is 9.51. The summed E-state index contributed by atoms with van der Waals surface area (Å²) in [5, 5.41) is 2.63. The zero-order chi connectivity index (χ0) is 19.9. The van der Waals surface area contributed by atoms with Crippen LogP contribution in [0, 0.1) is 0 Å². The Kier molecular flexibility index (Phi) is 7.33. The standard InChI is InChI=1S/C20H31N3O4/c1-5-26-17-9-7-6-8-16(17)22-12-14-23(15-13-22)18(24)10-11-21-19(25)27-20(2,3)4/h6-9H,5,10-15H2,1-4H3,(H,21,25). The highest BCUT2D eigenvalue weighted by Crippen LogP contribution is 2.28. The summed E-state index contributed by atoms with van der Waals surface area (Å²) in [6, 6.07) is 7.98. The molecule has 0 aromatic heterocycles. The zero-order valence-electron chi connectivity index (χ0n) is 16.8. The van der Waals surface area contributed by atoms with Crippen molar-refractivity contribution in [3.63, 3.8) is 0 Å². The van der Waals surface area contributed by atoms with Gasteiger partial charge in [-0.15, -0.1) is 0 Å². The van der Waals surface area contributed by atoms with Crippen LogP contribution in [0.25, 0.3) is 0 Å².